The predicted octanol–water partition coefficient (Wildman–Crippen LogP) is 2.14. The van der Waals surface area contributed by atoms with Crippen LogP contribution >= 0.6 is 0 Å². The quantitative estimate of drug-likeness (QED) is 0.750. The van der Waals surface area contributed by atoms with Gasteiger partial charge in [0.25, 0.3) is 0 Å². The fourth-order valence-corrected chi connectivity index (χ4v) is 1.45. The maximum Gasteiger partial charge on any atom is 0.371 e. The first kappa shape index (κ1) is 8.74. The van der Waals surface area contributed by atoms with Gasteiger partial charge in [0.1, 0.15) is 5.58 Å². The lowest BCUT2D eigenvalue weighted by atomic mass is 10.2. The van der Waals surface area contributed by atoms with E-state index >= 15 is 0 Å². The molecule has 0 saturated carbocycles. The van der Waals surface area contributed by atoms with Gasteiger partial charge in [0, 0.05) is 28.9 Å². The highest BCUT2D eigenvalue weighted by Crippen LogP contribution is 2.22. The molecule has 0 aliphatic carbocycles. The molecule has 2 heterocycles. The second-order valence-electron chi connectivity index (χ2n) is 3.18. The molecule has 2 aromatic rings. The molecule has 2 aromatic heterocycles. The van der Waals surface area contributed by atoms with E-state index in [4.69, 9.17) is 9.52 Å². The van der Waals surface area contributed by atoms with Crippen molar-refractivity contribution < 1.29 is 14.3 Å². The van der Waals surface area contributed by atoms with Crippen molar-refractivity contribution in [3.8, 4) is 0 Å². The van der Waals surface area contributed by atoms with Crippen LogP contribution in [0.2, 0.25) is 0 Å². The molecule has 0 bridgehead atoms. The van der Waals surface area contributed by atoms with Gasteiger partial charge in [-0.05, 0) is 13.8 Å². The molecule has 1 N–H and O–H groups in total. The maximum absolute atomic E-state index is 10.7. The standard InChI is InChI=1S/C10H9NO3/c1-5-3-8-7(6(2)11-5)4-9(14-8)10(12)13/h3-4H,1-2H3,(H,12,13). The Morgan fingerprint density at radius 2 is 2.14 bits per heavy atom. The van der Waals surface area contributed by atoms with Gasteiger partial charge < -0.3 is 9.52 Å². The van der Waals surface area contributed by atoms with E-state index in [1.165, 1.54) is 6.07 Å². The molecule has 0 aromatic carbocycles. The number of carbonyl (C=O) groups is 1. The molecule has 0 radical (unpaired) electrons. The highest BCUT2D eigenvalue weighted by molar-refractivity contribution is 5.92. The number of aryl methyl sites for hydroxylation is 2. The zero-order valence-electron chi connectivity index (χ0n) is 7.87. The van der Waals surface area contributed by atoms with E-state index in [0.29, 0.717) is 5.58 Å². The van der Waals surface area contributed by atoms with Crippen molar-refractivity contribution in [2.45, 2.75) is 13.8 Å². The van der Waals surface area contributed by atoms with Crippen molar-refractivity contribution in [3.05, 3.63) is 29.3 Å². The summed E-state index contributed by atoms with van der Waals surface area (Å²) in [4.78, 5) is 14.9. The van der Waals surface area contributed by atoms with E-state index in [9.17, 15) is 4.79 Å². The molecule has 0 aliphatic heterocycles. The monoisotopic (exact) mass is 191 g/mol. The van der Waals surface area contributed by atoms with Gasteiger partial charge in [-0.3, -0.25) is 4.98 Å². The Bertz CT molecular complexity index is 513. The zero-order valence-corrected chi connectivity index (χ0v) is 7.87. The van der Waals surface area contributed by atoms with Gasteiger partial charge in [-0.1, -0.05) is 0 Å². The summed E-state index contributed by atoms with van der Waals surface area (Å²) in [6.07, 6.45) is 0. The molecule has 72 valence electrons. The Hall–Kier alpha value is -1.84. The Balaban J connectivity index is 2.76. The van der Waals surface area contributed by atoms with Gasteiger partial charge in [0.05, 0.1) is 0 Å². The largest absolute Gasteiger partial charge is 0.475 e. The van der Waals surface area contributed by atoms with Gasteiger partial charge in [0.2, 0.25) is 5.76 Å². The number of carboxylic acid groups (broad SMARTS) is 1. The number of aromatic carboxylic acids is 1. The van der Waals surface area contributed by atoms with E-state index < -0.39 is 5.97 Å². The lowest BCUT2D eigenvalue weighted by molar-refractivity contribution is 0.0665. The third-order valence-corrected chi connectivity index (χ3v) is 2.05. The minimum atomic E-state index is -1.06. The lowest BCUT2D eigenvalue weighted by Crippen LogP contribution is -1.91. The molecule has 0 atom stereocenters. The van der Waals surface area contributed by atoms with Crippen LogP contribution in [0.4, 0.5) is 0 Å². The van der Waals surface area contributed by atoms with Crippen LogP contribution in [0.15, 0.2) is 16.5 Å². The summed E-state index contributed by atoms with van der Waals surface area (Å²) < 4.78 is 5.15. The van der Waals surface area contributed by atoms with Crippen LogP contribution in [0.1, 0.15) is 21.9 Å². The highest BCUT2D eigenvalue weighted by Gasteiger charge is 2.12. The van der Waals surface area contributed by atoms with Crippen molar-refractivity contribution in [2.24, 2.45) is 0 Å². The number of nitrogens with zero attached hydrogens (tertiary/aromatic N) is 1. The summed E-state index contributed by atoms with van der Waals surface area (Å²) >= 11 is 0. The summed E-state index contributed by atoms with van der Waals surface area (Å²) in [6.45, 7) is 3.67. The summed E-state index contributed by atoms with van der Waals surface area (Å²) in [5.74, 6) is -1.10. The van der Waals surface area contributed by atoms with Crippen LogP contribution in [-0.2, 0) is 0 Å². The average Bonchev–Trinajstić information content (AvgIpc) is 2.47. The minimum Gasteiger partial charge on any atom is -0.475 e. The first-order valence-electron chi connectivity index (χ1n) is 4.19. The first-order valence-corrected chi connectivity index (χ1v) is 4.19. The Morgan fingerprint density at radius 1 is 1.43 bits per heavy atom. The smallest absolute Gasteiger partial charge is 0.371 e. The van der Waals surface area contributed by atoms with Crippen LogP contribution in [0.25, 0.3) is 11.0 Å². The zero-order chi connectivity index (χ0) is 10.3. The summed E-state index contributed by atoms with van der Waals surface area (Å²) in [5.41, 5.74) is 2.19. The van der Waals surface area contributed by atoms with Crippen LogP contribution in [0.3, 0.4) is 0 Å². The Labute approximate surface area is 80.2 Å². The van der Waals surface area contributed by atoms with Crippen molar-refractivity contribution in [1.29, 1.82) is 0 Å². The third-order valence-electron chi connectivity index (χ3n) is 2.05. The van der Waals surface area contributed by atoms with E-state index in [0.717, 1.165) is 16.8 Å². The molecule has 0 unspecified atom stereocenters. The maximum atomic E-state index is 10.7. The fraction of sp³-hybridized carbons (Fsp3) is 0.200. The minimum absolute atomic E-state index is 0.0458. The molecular formula is C10H9NO3. The van der Waals surface area contributed by atoms with Gasteiger partial charge >= 0.3 is 5.97 Å². The molecule has 2 rings (SSSR count). The average molecular weight is 191 g/mol. The van der Waals surface area contributed by atoms with E-state index in [2.05, 4.69) is 4.98 Å². The fourth-order valence-electron chi connectivity index (χ4n) is 1.45. The predicted molar refractivity (Wildman–Crippen MR) is 50.4 cm³/mol. The summed E-state index contributed by atoms with van der Waals surface area (Å²) in [5, 5.41) is 9.49. The third kappa shape index (κ3) is 1.25. The van der Waals surface area contributed by atoms with Crippen molar-refractivity contribution in [3.63, 3.8) is 0 Å². The topological polar surface area (TPSA) is 63.3 Å². The summed E-state index contributed by atoms with van der Waals surface area (Å²) in [6, 6.07) is 3.23. The highest BCUT2D eigenvalue weighted by atomic mass is 16.4. The Kier molecular flexibility index (Phi) is 1.77. The molecule has 0 fully saturated rings. The molecule has 0 saturated heterocycles. The van der Waals surface area contributed by atoms with Crippen molar-refractivity contribution in [1.82, 2.24) is 4.98 Å². The van der Waals surface area contributed by atoms with Gasteiger partial charge in [0.15, 0.2) is 0 Å². The van der Waals surface area contributed by atoms with Gasteiger partial charge in [-0.2, -0.15) is 0 Å². The Morgan fingerprint density at radius 3 is 2.79 bits per heavy atom. The van der Waals surface area contributed by atoms with Crippen LogP contribution in [-0.4, -0.2) is 16.1 Å². The van der Waals surface area contributed by atoms with Crippen LogP contribution in [0.5, 0.6) is 0 Å². The first-order chi connectivity index (χ1) is 6.58. The van der Waals surface area contributed by atoms with E-state index in [-0.39, 0.29) is 5.76 Å². The number of furan rings is 1. The van der Waals surface area contributed by atoms with E-state index in [1.807, 2.05) is 13.8 Å². The van der Waals surface area contributed by atoms with Gasteiger partial charge in [-0.15, -0.1) is 0 Å². The van der Waals surface area contributed by atoms with E-state index in [1.54, 1.807) is 6.07 Å². The number of hydrogen-bond acceptors (Lipinski definition) is 3. The molecule has 0 aliphatic rings. The number of hydrogen-bond donors (Lipinski definition) is 1. The van der Waals surface area contributed by atoms with Gasteiger partial charge in [-0.25, -0.2) is 4.79 Å². The normalized spacial score (nSPS) is 10.7. The van der Waals surface area contributed by atoms with Crippen LogP contribution in [0, 0.1) is 13.8 Å². The molecular weight excluding hydrogens is 182 g/mol. The second-order valence-corrected chi connectivity index (χ2v) is 3.18. The number of fused-ring (bicyclic) bond motifs is 1. The molecule has 14 heavy (non-hydrogen) atoms. The number of pyridine rings is 1. The molecule has 4 nitrogen and oxygen atoms in total. The molecule has 0 amide bonds. The summed E-state index contributed by atoms with van der Waals surface area (Å²) in [7, 11) is 0. The number of rotatable bonds is 1. The second kappa shape index (κ2) is 2.83. The SMILES string of the molecule is Cc1cc2oc(C(=O)O)cc2c(C)n1. The molecule has 0 spiro atoms. The van der Waals surface area contributed by atoms with Crippen molar-refractivity contribution >= 4 is 16.9 Å². The van der Waals surface area contributed by atoms with Crippen molar-refractivity contribution in [2.75, 3.05) is 0 Å². The van der Waals surface area contributed by atoms with Crippen LogP contribution < -0.4 is 0 Å². The lowest BCUT2D eigenvalue weighted by Gasteiger charge is -1.95. The number of carboxylic acids is 1. The number of aromatic nitrogens is 1. The molecule has 4 heteroatoms.